The second kappa shape index (κ2) is 13.1. The van der Waals surface area contributed by atoms with Crippen LogP contribution in [0.4, 0.5) is 0 Å². The van der Waals surface area contributed by atoms with Crippen LogP contribution in [-0.2, 0) is 19.1 Å². The molecule has 0 bridgehead atoms. The van der Waals surface area contributed by atoms with Gasteiger partial charge in [0.15, 0.2) is 11.6 Å². The van der Waals surface area contributed by atoms with E-state index in [9.17, 15) is 9.59 Å². The number of carbonyl (C=O) groups is 2. The first-order valence-corrected chi connectivity index (χ1v) is 14.5. The van der Waals surface area contributed by atoms with Gasteiger partial charge in [0.2, 0.25) is 5.90 Å². The maximum atomic E-state index is 14.1. The summed E-state index contributed by atoms with van der Waals surface area (Å²) in [6.07, 6.45) is 1.88. The minimum Gasteiger partial charge on any atom is -0.494 e. The van der Waals surface area contributed by atoms with Crippen molar-refractivity contribution in [2.45, 2.75) is 70.1 Å². The Morgan fingerprint density at radius 3 is 2.42 bits per heavy atom. The number of esters is 1. The number of aliphatic imine (C=N–C) groups is 1. The predicted molar refractivity (Wildman–Crippen MR) is 155 cm³/mol. The number of nitrogens with one attached hydrogen (secondary N) is 1. The third-order valence-electron chi connectivity index (χ3n) is 6.70. The fraction of sp³-hybridized carbons (Fsp3) is 0.500. The second-order valence-electron chi connectivity index (χ2n) is 11.1. The molecule has 0 saturated carbocycles. The largest absolute Gasteiger partial charge is 0.494 e. The van der Waals surface area contributed by atoms with Gasteiger partial charge in [0.25, 0.3) is 5.91 Å². The molecule has 1 fully saturated rings. The molecule has 216 valence electrons. The molecule has 2 aromatic carbocycles. The Balaban J connectivity index is 1.70. The van der Waals surface area contributed by atoms with E-state index in [0.29, 0.717) is 30.2 Å². The van der Waals surface area contributed by atoms with Crippen LogP contribution >= 0.6 is 15.9 Å². The molecule has 4 rings (SSSR count). The van der Waals surface area contributed by atoms with E-state index in [4.69, 9.17) is 24.3 Å². The summed E-state index contributed by atoms with van der Waals surface area (Å²) in [7, 11) is 0. The number of aliphatic hydroxyl groups is 1. The van der Waals surface area contributed by atoms with Crippen molar-refractivity contribution >= 4 is 33.7 Å². The Hall–Kier alpha value is -2.95. The van der Waals surface area contributed by atoms with Crippen molar-refractivity contribution in [3.63, 3.8) is 0 Å². The van der Waals surface area contributed by atoms with Gasteiger partial charge in [-0.25, -0.2) is 10.0 Å². The average molecular weight is 617 g/mol. The Bertz CT molecular complexity index is 1190. The number of hydrogen-bond donors (Lipinski definition) is 2. The maximum Gasteiger partial charge on any atom is 0.306 e. The highest BCUT2D eigenvalue weighted by molar-refractivity contribution is 9.10. The van der Waals surface area contributed by atoms with Crippen LogP contribution in [0.25, 0.3) is 0 Å². The van der Waals surface area contributed by atoms with E-state index in [1.54, 1.807) is 12.1 Å². The normalized spacial score (nSPS) is 21.0. The number of amides is 1. The molecule has 2 atom stereocenters. The number of carbonyl (C=O) groups excluding carboxylic acids is 2. The highest BCUT2D eigenvalue weighted by Crippen LogP contribution is 2.43. The van der Waals surface area contributed by atoms with Gasteiger partial charge in [-0.15, -0.1) is 0 Å². The quantitative estimate of drug-likeness (QED) is 0.278. The fourth-order valence-corrected chi connectivity index (χ4v) is 5.03. The Labute approximate surface area is 244 Å². The van der Waals surface area contributed by atoms with E-state index in [2.05, 4.69) is 21.4 Å². The van der Waals surface area contributed by atoms with E-state index in [-0.39, 0.29) is 25.4 Å². The lowest BCUT2D eigenvalue weighted by Gasteiger charge is -2.32. The zero-order chi connectivity index (χ0) is 28.8. The molecule has 0 unspecified atom stereocenters. The van der Waals surface area contributed by atoms with Crippen molar-refractivity contribution in [1.29, 1.82) is 0 Å². The number of rotatable bonds is 11. The van der Waals surface area contributed by atoms with Crippen molar-refractivity contribution in [3.05, 3.63) is 64.1 Å². The van der Waals surface area contributed by atoms with Gasteiger partial charge < -0.3 is 19.3 Å². The Morgan fingerprint density at radius 1 is 1.12 bits per heavy atom. The molecule has 2 aliphatic rings. The highest BCUT2D eigenvalue weighted by Gasteiger charge is 2.54. The first-order chi connectivity index (χ1) is 19.1. The zero-order valence-corrected chi connectivity index (χ0v) is 24.9. The number of aliphatic hydroxyl groups excluding tert-OH is 1. The molecule has 0 aliphatic carbocycles. The first-order valence-electron chi connectivity index (χ1n) is 13.7. The second-order valence-corrected chi connectivity index (χ2v) is 12.0. The van der Waals surface area contributed by atoms with Gasteiger partial charge in [-0.1, -0.05) is 28.1 Å². The van der Waals surface area contributed by atoms with Crippen molar-refractivity contribution in [2.24, 2.45) is 4.99 Å². The molecule has 10 heteroatoms. The summed E-state index contributed by atoms with van der Waals surface area (Å²) in [5, 5.41) is 10.9. The van der Waals surface area contributed by atoms with Crippen LogP contribution in [0.3, 0.4) is 0 Å². The summed E-state index contributed by atoms with van der Waals surface area (Å²) < 4.78 is 18.6. The van der Waals surface area contributed by atoms with Gasteiger partial charge in [-0.05, 0) is 82.0 Å². The smallest absolute Gasteiger partial charge is 0.306 e. The molecule has 2 aliphatic heterocycles. The molecule has 0 radical (unpaired) electrons. The lowest BCUT2D eigenvalue weighted by atomic mass is 9.83. The molecule has 1 saturated heterocycles. The summed E-state index contributed by atoms with van der Waals surface area (Å²) in [5.41, 5.74) is 2.47. The topological polar surface area (TPSA) is 110 Å². The molecule has 2 aromatic rings. The molecule has 1 amide bonds. The first kappa shape index (κ1) is 30.0. The molecule has 2 N–H and O–H groups in total. The van der Waals surface area contributed by atoms with E-state index >= 15 is 0 Å². The van der Waals surface area contributed by atoms with Crippen LogP contribution < -0.4 is 10.2 Å². The molecular weight excluding hydrogens is 578 g/mol. The van der Waals surface area contributed by atoms with Crippen molar-refractivity contribution in [1.82, 2.24) is 10.4 Å². The minimum absolute atomic E-state index is 0.00447. The van der Waals surface area contributed by atoms with Crippen molar-refractivity contribution in [3.8, 4) is 5.75 Å². The van der Waals surface area contributed by atoms with Crippen LogP contribution in [0.15, 0.2) is 58.0 Å². The summed E-state index contributed by atoms with van der Waals surface area (Å²) in [6.45, 7) is 7.43. The van der Waals surface area contributed by atoms with Gasteiger partial charge in [0.05, 0.1) is 6.61 Å². The number of benzene rings is 2. The SMILES string of the molecule is CC(C)(C)OC(=O)CC[C@]1(C(=O)NN2CCCC2)N=C(c2ccc(OCCCO)cc2)O[C@H]1c1ccc(Br)cc1. The number of halogens is 1. The number of ether oxygens (including phenoxy) is 3. The predicted octanol–water partition coefficient (Wildman–Crippen LogP) is 4.72. The van der Waals surface area contributed by atoms with Gasteiger partial charge in [0, 0.05) is 42.6 Å². The molecule has 0 spiro atoms. The van der Waals surface area contributed by atoms with Crippen LogP contribution in [0.1, 0.15) is 70.1 Å². The standard InChI is InChI=1S/C30H38BrN3O6/c1-29(2,3)40-25(36)15-16-30(28(37)33-34-17-4-5-18-34)26(21-7-11-23(31)12-8-21)39-27(32-30)22-9-13-24(14-10-22)38-20-6-19-35/h7-14,26,35H,4-6,15-20H2,1-3H3,(H,33,37)/t26-,30-/m0/s1. The summed E-state index contributed by atoms with van der Waals surface area (Å²) in [4.78, 5) is 31.9. The van der Waals surface area contributed by atoms with Crippen molar-refractivity contribution in [2.75, 3.05) is 26.3 Å². The average Bonchev–Trinajstić information content (AvgIpc) is 3.56. The number of hydrazine groups is 1. The number of hydrogen-bond acceptors (Lipinski definition) is 8. The summed E-state index contributed by atoms with van der Waals surface area (Å²) in [5.74, 6) is 0.257. The van der Waals surface area contributed by atoms with Crippen LogP contribution in [0.5, 0.6) is 5.75 Å². The van der Waals surface area contributed by atoms with E-state index < -0.39 is 23.2 Å². The van der Waals surface area contributed by atoms with Gasteiger partial charge in [-0.2, -0.15) is 0 Å². The number of nitrogens with zero attached hydrogens (tertiary/aromatic N) is 2. The van der Waals surface area contributed by atoms with Crippen LogP contribution in [0.2, 0.25) is 0 Å². The third kappa shape index (κ3) is 7.62. The molecule has 2 heterocycles. The maximum absolute atomic E-state index is 14.1. The van der Waals surface area contributed by atoms with Crippen LogP contribution in [0, 0.1) is 0 Å². The summed E-state index contributed by atoms with van der Waals surface area (Å²) >= 11 is 3.48. The van der Waals surface area contributed by atoms with Gasteiger partial charge in [-0.3, -0.25) is 15.0 Å². The van der Waals surface area contributed by atoms with Crippen molar-refractivity contribution < 1.29 is 28.9 Å². The highest BCUT2D eigenvalue weighted by atomic mass is 79.9. The molecule has 0 aromatic heterocycles. The van der Waals surface area contributed by atoms with E-state index in [1.807, 2.05) is 62.2 Å². The summed E-state index contributed by atoms with van der Waals surface area (Å²) in [6, 6.07) is 14.9. The third-order valence-corrected chi connectivity index (χ3v) is 7.23. The molecule has 40 heavy (non-hydrogen) atoms. The van der Waals surface area contributed by atoms with Crippen LogP contribution in [-0.4, -0.2) is 65.3 Å². The Morgan fingerprint density at radius 2 is 1.80 bits per heavy atom. The lowest BCUT2D eigenvalue weighted by Crippen LogP contribution is -2.53. The van der Waals surface area contributed by atoms with E-state index in [0.717, 1.165) is 36.0 Å². The Kier molecular flexibility index (Phi) is 9.86. The van der Waals surface area contributed by atoms with Gasteiger partial charge in [0.1, 0.15) is 11.4 Å². The fourth-order valence-electron chi connectivity index (χ4n) is 4.76. The van der Waals surface area contributed by atoms with E-state index in [1.165, 1.54) is 0 Å². The monoisotopic (exact) mass is 615 g/mol. The molecule has 9 nitrogen and oxygen atoms in total. The zero-order valence-electron chi connectivity index (χ0n) is 23.3. The lowest BCUT2D eigenvalue weighted by molar-refractivity contribution is -0.155. The molecular formula is C30H38BrN3O6. The van der Waals surface area contributed by atoms with Gasteiger partial charge >= 0.3 is 5.97 Å². The minimum atomic E-state index is -1.40.